The fourth-order valence-corrected chi connectivity index (χ4v) is 2.13. The van der Waals surface area contributed by atoms with E-state index in [0.717, 1.165) is 0 Å². The Morgan fingerprint density at radius 3 is 2.26 bits per heavy atom. The molecule has 0 saturated carbocycles. The average Bonchev–Trinajstić information content (AvgIpc) is 2.34. The maximum absolute atomic E-state index is 13.7. The number of phenols is 2. The van der Waals surface area contributed by atoms with Crippen LogP contribution in [0.4, 0.5) is 10.1 Å². The summed E-state index contributed by atoms with van der Waals surface area (Å²) >= 11 is 5.91. The third kappa shape index (κ3) is 2.74. The van der Waals surface area contributed by atoms with Crippen LogP contribution in [0.5, 0.6) is 11.5 Å². The lowest BCUT2D eigenvalue weighted by Crippen LogP contribution is -2.09. The summed E-state index contributed by atoms with van der Waals surface area (Å²) < 4.78 is 13.7. The molecule has 2 aromatic rings. The van der Waals surface area contributed by atoms with Crippen LogP contribution < -0.4 is 5.32 Å². The largest absolute Gasteiger partial charge is 0.507 e. The van der Waals surface area contributed by atoms with Crippen molar-refractivity contribution in [3.63, 3.8) is 0 Å². The van der Waals surface area contributed by atoms with E-state index in [9.17, 15) is 14.6 Å². The molecule has 0 fully saturated rings. The third-order valence-electron chi connectivity index (χ3n) is 2.82. The first-order chi connectivity index (χ1) is 9.00. The summed E-state index contributed by atoms with van der Waals surface area (Å²) in [6, 6.07) is 8.28. The number of phenolic OH excluding ortho intramolecular Hbond substituents is 2. The number of anilines is 1. The highest BCUT2D eigenvalue weighted by atomic mass is 35.5. The Bertz CT molecular complexity index is 563. The second-order valence-corrected chi connectivity index (χ2v) is 4.58. The van der Waals surface area contributed by atoms with Crippen molar-refractivity contribution in [3.05, 3.63) is 52.8 Å². The zero-order chi connectivity index (χ0) is 14.0. The predicted octanol–water partition coefficient (Wildman–Crippen LogP) is 4.06. The Hall–Kier alpha value is -1.94. The zero-order valence-corrected chi connectivity index (χ0v) is 10.9. The van der Waals surface area contributed by atoms with Crippen LogP contribution in [0.1, 0.15) is 18.5 Å². The van der Waals surface area contributed by atoms with Crippen LogP contribution in [0.25, 0.3) is 0 Å². The molecule has 100 valence electrons. The molecule has 0 saturated heterocycles. The first-order valence-corrected chi connectivity index (χ1v) is 6.10. The standard InChI is InChI=1S/C14H13ClFNO2/c1-8(13-11(18)6-3-7-12(13)19)17-14-9(15)4-2-5-10(14)16/h2-8,17-19H,1H3. The van der Waals surface area contributed by atoms with E-state index in [1.807, 2.05) is 0 Å². The van der Waals surface area contributed by atoms with Crippen LogP contribution in [0, 0.1) is 5.82 Å². The van der Waals surface area contributed by atoms with Gasteiger partial charge in [-0.25, -0.2) is 4.39 Å². The minimum atomic E-state index is -0.504. The highest BCUT2D eigenvalue weighted by Gasteiger charge is 2.17. The number of para-hydroxylation sites is 1. The van der Waals surface area contributed by atoms with E-state index in [-0.39, 0.29) is 22.2 Å². The number of benzene rings is 2. The van der Waals surface area contributed by atoms with Gasteiger partial charge in [0, 0.05) is 0 Å². The molecule has 0 amide bonds. The van der Waals surface area contributed by atoms with Gasteiger partial charge in [0.1, 0.15) is 17.3 Å². The summed E-state index contributed by atoms with van der Waals surface area (Å²) in [5, 5.41) is 22.6. The Morgan fingerprint density at radius 2 is 1.68 bits per heavy atom. The lowest BCUT2D eigenvalue weighted by Gasteiger charge is -2.19. The molecule has 0 bridgehead atoms. The van der Waals surface area contributed by atoms with Gasteiger partial charge in [0.25, 0.3) is 0 Å². The molecule has 3 nitrogen and oxygen atoms in total. The van der Waals surface area contributed by atoms with Gasteiger partial charge in [0.15, 0.2) is 0 Å². The van der Waals surface area contributed by atoms with Crippen LogP contribution >= 0.6 is 11.6 Å². The molecule has 3 N–H and O–H groups in total. The van der Waals surface area contributed by atoms with Gasteiger partial charge in [-0.15, -0.1) is 0 Å². The topological polar surface area (TPSA) is 52.5 Å². The first kappa shape index (κ1) is 13.5. The quantitative estimate of drug-likeness (QED) is 0.795. The number of rotatable bonds is 3. The van der Waals surface area contributed by atoms with E-state index in [1.165, 1.54) is 30.3 Å². The third-order valence-corrected chi connectivity index (χ3v) is 3.13. The monoisotopic (exact) mass is 281 g/mol. The van der Waals surface area contributed by atoms with E-state index < -0.39 is 11.9 Å². The van der Waals surface area contributed by atoms with Crippen LogP contribution in [0.15, 0.2) is 36.4 Å². The van der Waals surface area contributed by atoms with Gasteiger partial charge in [-0.05, 0) is 31.2 Å². The molecule has 0 radical (unpaired) electrons. The maximum atomic E-state index is 13.7. The molecular formula is C14H13ClFNO2. The van der Waals surface area contributed by atoms with Crippen LogP contribution in [-0.4, -0.2) is 10.2 Å². The Balaban J connectivity index is 2.34. The van der Waals surface area contributed by atoms with Crippen LogP contribution in [0.3, 0.4) is 0 Å². The molecule has 0 aliphatic heterocycles. The Labute approximate surface area is 115 Å². The zero-order valence-electron chi connectivity index (χ0n) is 10.2. The predicted molar refractivity (Wildman–Crippen MR) is 73.2 cm³/mol. The number of halogens is 2. The SMILES string of the molecule is CC(Nc1c(F)cccc1Cl)c1c(O)cccc1O. The molecule has 19 heavy (non-hydrogen) atoms. The van der Waals surface area contributed by atoms with E-state index >= 15 is 0 Å². The van der Waals surface area contributed by atoms with Crippen molar-refractivity contribution in [1.82, 2.24) is 0 Å². The number of hydrogen-bond donors (Lipinski definition) is 3. The lowest BCUT2D eigenvalue weighted by molar-refractivity contribution is 0.434. The summed E-state index contributed by atoms with van der Waals surface area (Å²) in [5.74, 6) is -0.616. The smallest absolute Gasteiger partial charge is 0.147 e. The summed E-state index contributed by atoms with van der Waals surface area (Å²) in [6.45, 7) is 1.69. The van der Waals surface area contributed by atoms with Gasteiger partial charge in [0.05, 0.1) is 22.3 Å². The van der Waals surface area contributed by atoms with Crippen molar-refractivity contribution >= 4 is 17.3 Å². The van der Waals surface area contributed by atoms with Gasteiger partial charge in [0.2, 0.25) is 0 Å². The van der Waals surface area contributed by atoms with Crippen molar-refractivity contribution in [2.75, 3.05) is 5.32 Å². The summed E-state index contributed by atoms with van der Waals surface area (Å²) in [6.07, 6.45) is 0. The first-order valence-electron chi connectivity index (χ1n) is 5.72. The molecule has 0 aliphatic carbocycles. The van der Waals surface area contributed by atoms with Gasteiger partial charge >= 0.3 is 0 Å². The minimum absolute atomic E-state index is 0.0625. The molecule has 0 aromatic heterocycles. The Kier molecular flexibility index (Phi) is 3.81. The summed E-state index contributed by atoms with van der Waals surface area (Å²) in [7, 11) is 0. The van der Waals surface area contributed by atoms with Crippen LogP contribution in [0.2, 0.25) is 5.02 Å². The maximum Gasteiger partial charge on any atom is 0.147 e. The van der Waals surface area contributed by atoms with E-state index in [0.29, 0.717) is 5.56 Å². The van der Waals surface area contributed by atoms with Crippen molar-refractivity contribution in [2.24, 2.45) is 0 Å². The van der Waals surface area contributed by atoms with E-state index in [2.05, 4.69) is 5.32 Å². The molecule has 0 spiro atoms. The highest BCUT2D eigenvalue weighted by Crippen LogP contribution is 2.36. The molecule has 2 aromatic carbocycles. The molecular weight excluding hydrogens is 269 g/mol. The van der Waals surface area contributed by atoms with E-state index in [1.54, 1.807) is 13.0 Å². The molecule has 0 heterocycles. The minimum Gasteiger partial charge on any atom is -0.507 e. The molecule has 1 unspecified atom stereocenters. The van der Waals surface area contributed by atoms with Gasteiger partial charge in [-0.2, -0.15) is 0 Å². The van der Waals surface area contributed by atoms with Crippen molar-refractivity contribution in [1.29, 1.82) is 0 Å². The number of hydrogen-bond acceptors (Lipinski definition) is 3. The van der Waals surface area contributed by atoms with Crippen molar-refractivity contribution in [2.45, 2.75) is 13.0 Å². The summed E-state index contributed by atoms with van der Waals surface area (Å²) in [4.78, 5) is 0. The van der Waals surface area contributed by atoms with Gasteiger partial charge < -0.3 is 15.5 Å². The van der Waals surface area contributed by atoms with Gasteiger partial charge in [-0.1, -0.05) is 23.7 Å². The highest BCUT2D eigenvalue weighted by molar-refractivity contribution is 6.33. The normalized spacial score (nSPS) is 12.2. The van der Waals surface area contributed by atoms with Crippen LogP contribution in [-0.2, 0) is 0 Å². The Morgan fingerprint density at radius 1 is 1.11 bits per heavy atom. The molecule has 1 atom stereocenters. The molecule has 0 aliphatic rings. The second-order valence-electron chi connectivity index (χ2n) is 4.17. The van der Waals surface area contributed by atoms with Gasteiger partial charge in [-0.3, -0.25) is 0 Å². The average molecular weight is 282 g/mol. The second kappa shape index (κ2) is 5.36. The fourth-order valence-electron chi connectivity index (χ4n) is 1.91. The number of nitrogens with one attached hydrogen (secondary N) is 1. The van der Waals surface area contributed by atoms with E-state index in [4.69, 9.17) is 11.6 Å². The van der Waals surface area contributed by atoms with Crippen molar-refractivity contribution in [3.8, 4) is 11.5 Å². The van der Waals surface area contributed by atoms with Crippen molar-refractivity contribution < 1.29 is 14.6 Å². The molecule has 5 heteroatoms. The fraction of sp³-hybridized carbons (Fsp3) is 0.143. The molecule has 2 rings (SSSR count). The lowest BCUT2D eigenvalue weighted by atomic mass is 10.1. The summed E-state index contributed by atoms with van der Waals surface area (Å²) in [5.41, 5.74) is 0.432. The number of aromatic hydroxyl groups is 2.